The van der Waals surface area contributed by atoms with Gasteiger partial charge in [-0.25, -0.2) is 4.98 Å². The summed E-state index contributed by atoms with van der Waals surface area (Å²) in [6.45, 7) is 0. The molecule has 3 N–H and O–H groups in total. The number of anilines is 2. The zero-order valence-electron chi connectivity index (χ0n) is 26.2. The highest BCUT2D eigenvalue weighted by Gasteiger charge is 2.24. The van der Waals surface area contributed by atoms with Gasteiger partial charge >= 0.3 is 0 Å². The van der Waals surface area contributed by atoms with E-state index in [0.717, 1.165) is 33.0 Å². The number of nitrogens with zero attached hydrogens (tertiary/aromatic N) is 1. The van der Waals surface area contributed by atoms with Gasteiger partial charge in [0.25, 0.3) is 11.8 Å². The van der Waals surface area contributed by atoms with Crippen LogP contribution >= 0.6 is 34.4 Å². The molecule has 0 spiro atoms. The Hall–Kier alpha value is -5.49. The fourth-order valence-corrected chi connectivity index (χ4v) is 7.19. The van der Waals surface area contributed by atoms with Gasteiger partial charge in [-0.1, -0.05) is 66.7 Å². The minimum atomic E-state index is -0.615. The number of rotatable bonds is 12. The van der Waals surface area contributed by atoms with Crippen molar-refractivity contribution in [3.63, 3.8) is 0 Å². The SMILES string of the molecule is COc1cccc(-c2csc(NC(=O)C(Sc3cccc(NC(=O)/C(=C/c4ccsc4)NC(=O)c4ccccc4)c3)c3ccccc3)n2)c1. The molecule has 2 aromatic heterocycles. The van der Waals surface area contributed by atoms with E-state index < -0.39 is 17.1 Å². The van der Waals surface area contributed by atoms with Gasteiger partial charge in [-0.2, -0.15) is 11.3 Å². The summed E-state index contributed by atoms with van der Waals surface area (Å²) >= 11 is 4.19. The Labute approximate surface area is 295 Å². The maximum atomic E-state index is 13.8. The first-order valence-corrected chi connectivity index (χ1v) is 17.8. The predicted octanol–water partition coefficient (Wildman–Crippen LogP) is 8.76. The maximum absolute atomic E-state index is 13.8. The molecule has 244 valence electrons. The third kappa shape index (κ3) is 8.90. The van der Waals surface area contributed by atoms with Crippen LogP contribution in [-0.4, -0.2) is 29.8 Å². The van der Waals surface area contributed by atoms with Crippen molar-refractivity contribution in [1.29, 1.82) is 0 Å². The molecule has 0 saturated heterocycles. The molecule has 0 aliphatic heterocycles. The Morgan fingerprint density at radius 2 is 1.61 bits per heavy atom. The molecular formula is C38H30N4O4S3. The summed E-state index contributed by atoms with van der Waals surface area (Å²) in [6, 6.07) is 34.9. The Morgan fingerprint density at radius 3 is 2.37 bits per heavy atom. The van der Waals surface area contributed by atoms with Crippen LogP contribution in [0.2, 0.25) is 0 Å². The van der Waals surface area contributed by atoms with Crippen LogP contribution in [-0.2, 0) is 9.59 Å². The first kappa shape index (κ1) is 33.4. The molecule has 0 bridgehead atoms. The van der Waals surface area contributed by atoms with Crippen LogP contribution in [0.5, 0.6) is 5.75 Å². The zero-order chi connectivity index (χ0) is 34.0. The Balaban J connectivity index is 1.19. The standard InChI is InChI=1S/C38H30N4O4S3/c1-46-30-16-8-14-28(21-30)33-24-48-38(41-33)42-37(45)34(26-10-4-2-5-11-26)49-31-17-9-15-29(22-31)39-36(44)32(20-25-18-19-47-23-25)40-35(43)27-12-6-3-7-13-27/h2-24,34H,1H3,(H,39,44)(H,40,43)(H,41,42,45)/b32-20-. The number of aromatic nitrogens is 1. The lowest BCUT2D eigenvalue weighted by Gasteiger charge is -2.17. The number of nitrogens with one attached hydrogen (secondary N) is 3. The van der Waals surface area contributed by atoms with Gasteiger partial charge in [-0.05, 0) is 76.5 Å². The molecule has 1 unspecified atom stereocenters. The van der Waals surface area contributed by atoms with Crippen LogP contribution in [0.1, 0.15) is 26.7 Å². The molecule has 49 heavy (non-hydrogen) atoms. The lowest BCUT2D eigenvalue weighted by molar-refractivity contribution is -0.116. The molecule has 6 aromatic rings. The molecule has 4 aromatic carbocycles. The number of amides is 3. The van der Waals surface area contributed by atoms with E-state index in [1.54, 1.807) is 49.6 Å². The van der Waals surface area contributed by atoms with Gasteiger partial charge in [0.15, 0.2) is 5.13 Å². The molecule has 8 nitrogen and oxygen atoms in total. The van der Waals surface area contributed by atoms with Gasteiger partial charge in [0.05, 0.1) is 12.8 Å². The van der Waals surface area contributed by atoms with E-state index in [9.17, 15) is 14.4 Å². The van der Waals surface area contributed by atoms with Gasteiger partial charge in [-0.3, -0.25) is 14.4 Å². The van der Waals surface area contributed by atoms with Crippen LogP contribution in [0.25, 0.3) is 17.3 Å². The Bertz CT molecular complexity index is 2080. The van der Waals surface area contributed by atoms with Crippen LogP contribution in [0, 0.1) is 0 Å². The van der Waals surface area contributed by atoms with Crippen molar-refractivity contribution in [2.24, 2.45) is 0 Å². The minimum Gasteiger partial charge on any atom is -0.497 e. The smallest absolute Gasteiger partial charge is 0.272 e. The molecule has 0 radical (unpaired) electrons. The average Bonchev–Trinajstić information content (AvgIpc) is 3.84. The number of thiophene rings is 1. The summed E-state index contributed by atoms with van der Waals surface area (Å²) in [4.78, 5) is 45.7. The number of thioether (sulfide) groups is 1. The van der Waals surface area contributed by atoms with E-state index in [-0.39, 0.29) is 11.6 Å². The number of carbonyl (C=O) groups is 3. The molecular weight excluding hydrogens is 673 g/mol. The molecule has 11 heteroatoms. The maximum Gasteiger partial charge on any atom is 0.272 e. The van der Waals surface area contributed by atoms with E-state index in [4.69, 9.17) is 4.74 Å². The van der Waals surface area contributed by atoms with E-state index in [1.165, 1.54) is 34.4 Å². The zero-order valence-corrected chi connectivity index (χ0v) is 28.6. The van der Waals surface area contributed by atoms with Crippen LogP contribution < -0.4 is 20.7 Å². The first-order valence-electron chi connectivity index (χ1n) is 15.1. The monoisotopic (exact) mass is 702 g/mol. The molecule has 3 amide bonds. The predicted molar refractivity (Wildman–Crippen MR) is 199 cm³/mol. The van der Waals surface area contributed by atoms with Crippen LogP contribution in [0.15, 0.2) is 142 Å². The van der Waals surface area contributed by atoms with Crippen molar-refractivity contribution in [2.75, 3.05) is 17.7 Å². The van der Waals surface area contributed by atoms with E-state index in [1.807, 2.05) is 95.0 Å². The number of ether oxygens (including phenoxy) is 1. The summed E-state index contributed by atoms with van der Waals surface area (Å²) in [7, 11) is 1.62. The largest absolute Gasteiger partial charge is 0.497 e. The number of carbonyl (C=O) groups excluding carboxylic acids is 3. The van der Waals surface area contributed by atoms with Crippen molar-refractivity contribution >= 4 is 69.1 Å². The summed E-state index contributed by atoms with van der Waals surface area (Å²) in [6.07, 6.45) is 1.64. The second-order valence-electron chi connectivity index (χ2n) is 10.6. The Kier molecular flexibility index (Phi) is 11.0. The highest BCUT2D eigenvalue weighted by molar-refractivity contribution is 8.00. The quantitative estimate of drug-likeness (QED) is 0.0869. The number of hydrogen-bond acceptors (Lipinski definition) is 8. The second-order valence-corrected chi connectivity index (χ2v) is 13.4. The molecule has 0 fully saturated rings. The first-order chi connectivity index (χ1) is 23.9. The highest BCUT2D eigenvalue weighted by atomic mass is 32.2. The number of thiazole rings is 1. The second kappa shape index (κ2) is 16.1. The fourth-order valence-electron chi connectivity index (χ4n) is 4.77. The topological polar surface area (TPSA) is 109 Å². The highest BCUT2D eigenvalue weighted by Crippen LogP contribution is 2.38. The summed E-state index contributed by atoms with van der Waals surface area (Å²) in [5.74, 6) is -0.386. The molecule has 6 rings (SSSR count). The van der Waals surface area contributed by atoms with E-state index in [0.29, 0.717) is 16.4 Å². The third-order valence-corrected chi connectivity index (χ3v) is 9.88. The van der Waals surface area contributed by atoms with Crippen molar-refractivity contribution < 1.29 is 19.1 Å². The minimum absolute atomic E-state index is 0.101. The summed E-state index contributed by atoms with van der Waals surface area (Å²) in [5.41, 5.74) is 4.27. The van der Waals surface area contributed by atoms with Crippen LogP contribution in [0.4, 0.5) is 10.8 Å². The third-order valence-electron chi connectivity index (χ3n) is 7.17. The van der Waals surface area contributed by atoms with Crippen molar-refractivity contribution in [3.8, 4) is 17.0 Å². The van der Waals surface area contributed by atoms with Crippen molar-refractivity contribution in [1.82, 2.24) is 10.3 Å². The fraction of sp³-hybridized carbons (Fsp3) is 0.0526. The number of benzene rings is 4. The summed E-state index contributed by atoms with van der Waals surface area (Å²) < 4.78 is 5.34. The number of methoxy groups -OCH3 is 1. The van der Waals surface area contributed by atoms with Crippen LogP contribution in [0.3, 0.4) is 0 Å². The van der Waals surface area contributed by atoms with Crippen molar-refractivity contribution in [2.45, 2.75) is 10.1 Å². The van der Waals surface area contributed by atoms with Gasteiger partial charge < -0.3 is 20.7 Å². The molecule has 0 aliphatic carbocycles. The number of hydrogen-bond donors (Lipinski definition) is 3. The normalized spacial score (nSPS) is 11.7. The molecule has 1 atom stereocenters. The van der Waals surface area contributed by atoms with E-state index in [2.05, 4.69) is 20.9 Å². The molecule has 0 saturated carbocycles. The molecule has 0 aliphatic rings. The van der Waals surface area contributed by atoms with Gasteiger partial charge in [0.2, 0.25) is 5.91 Å². The van der Waals surface area contributed by atoms with Crippen molar-refractivity contribution in [3.05, 3.63) is 154 Å². The van der Waals surface area contributed by atoms with Gasteiger partial charge in [-0.15, -0.1) is 23.1 Å². The summed E-state index contributed by atoms with van der Waals surface area (Å²) in [5, 5.41) is 14.2. The molecule has 2 heterocycles. The van der Waals surface area contributed by atoms with Gasteiger partial charge in [0.1, 0.15) is 16.7 Å². The van der Waals surface area contributed by atoms with Gasteiger partial charge in [0, 0.05) is 27.1 Å². The van der Waals surface area contributed by atoms with E-state index >= 15 is 0 Å². The lowest BCUT2D eigenvalue weighted by atomic mass is 10.1. The lowest BCUT2D eigenvalue weighted by Crippen LogP contribution is -2.30. The Morgan fingerprint density at radius 1 is 0.837 bits per heavy atom. The average molecular weight is 703 g/mol.